The Morgan fingerprint density at radius 2 is 1.73 bits per heavy atom. The quantitative estimate of drug-likeness (QED) is 0.553. The molecule has 1 atom stereocenters. The van der Waals surface area contributed by atoms with Crippen molar-refractivity contribution < 1.29 is 0 Å². The Balaban J connectivity index is 1.56. The molecule has 0 saturated carbocycles. The molecule has 2 N–H and O–H groups in total. The number of benzene rings is 1. The van der Waals surface area contributed by atoms with Crippen molar-refractivity contribution in [1.82, 2.24) is 4.90 Å². The third-order valence-electron chi connectivity index (χ3n) is 4.76. The highest BCUT2D eigenvalue weighted by molar-refractivity contribution is 5.53. The Bertz CT molecular complexity index is 413. The zero-order valence-corrected chi connectivity index (χ0v) is 14.4. The lowest BCUT2D eigenvalue weighted by Crippen LogP contribution is -2.19. The molecule has 2 rings (SSSR count). The molecule has 0 radical (unpaired) electrons. The van der Waals surface area contributed by atoms with Crippen LogP contribution < -0.4 is 10.6 Å². The van der Waals surface area contributed by atoms with Crippen LogP contribution in [0, 0.1) is 5.92 Å². The minimum Gasteiger partial charge on any atom is -0.399 e. The number of nitrogens with two attached hydrogens (primary N) is 1. The van der Waals surface area contributed by atoms with Crippen molar-refractivity contribution in [2.24, 2.45) is 5.92 Å². The fourth-order valence-corrected chi connectivity index (χ4v) is 3.38. The molecule has 3 nitrogen and oxygen atoms in total. The van der Waals surface area contributed by atoms with E-state index in [1.54, 1.807) is 0 Å². The minimum atomic E-state index is 0.855. The van der Waals surface area contributed by atoms with Crippen molar-refractivity contribution in [2.75, 3.05) is 44.4 Å². The molecule has 1 fully saturated rings. The van der Waals surface area contributed by atoms with E-state index in [0.717, 1.165) is 11.6 Å². The summed E-state index contributed by atoms with van der Waals surface area (Å²) in [4.78, 5) is 4.80. The summed E-state index contributed by atoms with van der Waals surface area (Å²) in [5.41, 5.74) is 7.95. The standard InChI is InChI=1S/C19H33N3/c1-21(2)14-7-5-3-4-6-8-17-13-15-22(16-17)19-11-9-18(20)10-12-19/h9-12,17H,3-8,13-16,20H2,1-2H3. The van der Waals surface area contributed by atoms with Crippen LogP contribution in [-0.4, -0.2) is 38.6 Å². The van der Waals surface area contributed by atoms with Crippen LogP contribution in [0.5, 0.6) is 0 Å². The van der Waals surface area contributed by atoms with Crippen LogP contribution in [0.3, 0.4) is 0 Å². The van der Waals surface area contributed by atoms with E-state index in [1.807, 2.05) is 12.1 Å². The van der Waals surface area contributed by atoms with Gasteiger partial charge in [0.05, 0.1) is 0 Å². The smallest absolute Gasteiger partial charge is 0.0367 e. The first kappa shape index (κ1) is 17.1. The van der Waals surface area contributed by atoms with Gasteiger partial charge in [-0.25, -0.2) is 0 Å². The van der Waals surface area contributed by atoms with Crippen LogP contribution in [0.1, 0.15) is 44.9 Å². The molecule has 1 unspecified atom stereocenters. The van der Waals surface area contributed by atoms with E-state index in [4.69, 9.17) is 5.73 Å². The highest BCUT2D eigenvalue weighted by Gasteiger charge is 2.21. The Hall–Kier alpha value is -1.22. The molecule has 0 aliphatic carbocycles. The average molecular weight is 303 g/mol. The van der Waals surface area contributed by atoms with Crippen LogP contribution in [0.4, 0.5) is 11.4 Å². The number of rotatable bonds is 9. The predicted octanol–water partition coefficient (Wildman–Crippen LogP) is 4.00. The van der Waals surface area contributed by atoms with Crippen LogP contribution >= 0.6 is 0 Å². The molecule has 0 bridgehead atoms. The van der Waals surface area contributed by atoms with Gasteiger partial charge in [0, 0.05) is 24.5 Å². The lowest BCUT2D eigenvalue weighted by Gasteiger charge is -2.19. The van der Waals surface area contributed by atoms with Crippen molar-refractivity contribution in [2.45, 2.75) is 44.9 Å². The van der Waals surface area contributed by atoms with Crippen LogP contribution in [0.25, 0.3) is 0 Å². The van der Waals surface area contributed by atoms with E-state index < -0.39 is 0 Å². The molecule has 1 aromatic rings. The molecule has 0 amide bonds. The summed E-state index contributed by atoms with van der Waals surface area (Å²) in [6.07, 6.45) is 9.71. The number of anilines is 2. The minimum absolute atomic E-state index is 0.855. The summed E-state index contributed by atoms with van der Waals surface area (Å²) < 4.78 is 0. The van der Waals surface area contributed by atoms with Crippen molar-refractivity contribution in [3.8, 4) is 0 Å². The largest absolute Gasteiger partial charge is 0.399 e. The van der Waals surface area contributed by atoms with Gasteiger partial charge in [0.15, 0.2) is 0 Å². The van der Waals surface area contributed by atoms with Gasteiger partial charge in [-0.2, -0.15) is 0 Å². The second-order valence-electron chi connectivity index (χ2n) is 7.05. The molecule has 124 valence electrons. The fourth-order valence-electron chi connectivity index (χ4n) is 3.38. The predicted molar refractivity (Wildman–Crippen MR) is 97.4 cm³/mol. The van der Waals surface area contributed by atoms with E-state index >= 15 is 0 Å². The van der Waals surface area contributed by atoms with E-state index in [2.05, 4.69) is 36.0 Å². The molecule has 0 aromatic heterocycles. The maximum Gasteiger partial charge on any atom is 0.0367 e. The Labute approximate surface area is 136 Å². The highest BCUT2D eigenvalue weighted by atomic mass is 15.1. The summed E-state index contributed by atoms with van der Waals surface area (Å²) in [5.74, 6) is 0.888. The summed E-state index contributed by atoms with van der Waals surface area (Å²) in [5, 5.41) is 0. The zero-order valence-electron chi connectivity index (χ0n) is 14.4. The summed E-state index contributed by atoms with van der Waals surface area (Å²) >= 11 is 0. The number of hydrogen-bond acceptors (Lipinski definition) is 3. The van der Waals surface area contributed by atoms with E-state index in [-0.39, 0.29) is 0 Å². The second kappa shape index (κ2) is 9.04. The summed E-state index contributed by atoms with van der Waals surface area (Å²) in [7, 11) is 4.32. The van der Waals surface area contributed by atoms with Gasteiger partial charge in [0.1, 0.15) is 0 Å². The lowest BCUT2D eigenvalue weighted by molar-refractivity contribution is 0.387. The molecule has 1 aromatic carbocycles. The van der Waals surface area contributed by atoms with Gasteiger partial charge < -0.3 is 15.5 Å². The first-order valence-electron chi connectivity index (χ1n) is 8.90. The Kier molecular flexibility index (Phi) is 7.04. The summed E-state index contributed by atoms with van der Waals surface area (Å²) in [6.45, 7) is 3.67. The average Bonchev–Trinajstić information content (AvgIpc) is 2.95. The molecule has 1 aliphatic rings. The molecule has 0 spiro atoms. The monoisotopic (exact) mass is 303 g/mol. The van der Waals surface area contributed by atoms with Gasteiger partial charge in [-0.3, -0.25) is 0 Å². The van der Waals surface area contributed by atoms with E-state index in [0.29, 0.717) is 0 Å². The second-order valence-corrected chi connectivity index (χ2v) is 7.05. The van der Waals surface area contributed by atoms with Crippen molar-refractivity contribution in [3.05, 3.63) is 24.3 Å². The van der Waals surface area contributed by atoms with E-state index in [1.165, 1.54) is 70.3 Å². The third kappa shape index (κ3) is 5.88. The zero-order chi connectivity index (χ0) is 15.8. The van der Waals surface area contributed by atoms with Gasteiger partial charge >= 0.3 is 0 Å². The van der Waals surface area contributed by atoms with Crippen molar-refractivity contribution >= 4 is 11.4 Å². The number of nitrogen functional groups attached to an aromatic ring is 1. The first-order chi connectivity index (χ1) is 10.6. The molecule has 3 heteroatoms. The normalized spacial score (nSPS) is 18.3. The maximum absolute atomic E-state index is 5.76. The van der Waals surface area contributed by atoms with Gasteiger partial charge in [-0.15, -0.1) is 0 Å². The van der Waals surface area contributed by atoms with Gasteiger partial charge in [0.2, 0.25) is 0 Å². The number of hydrogen-bond donors (Lipinski definition) is 1. The third-order valence-corrected chi connectivity index (χ3v) is 4.76. The molecular formula is C19H33N3. The molecule has 1 saturated heterocycles. The van der Waals surface area contributed by atoms with Crippen LogP contribution in [0.15, 0.2) is 24.3 Å². The van der Waals surface area contributed by atoms with Crippen LogP contribution in [0.2, 0.25) is 0 Å². The Morgan fingerprint density at radius 1 is 1.05 bits per heavy atom. The van der Waals surface area contributed by atoms with Gasteiger partial charge in [-0.1, -0.05) is 25.7 Å². The molecule has 22 heavy (non-hydrogen) atoms. The Morgan fingerprint density at radius 3 is 2.45 bits per heavy atom. The van der Waals surface area contributed by atoms with Crippen molar-refractivity contribution in [1.29, 1.82) is 0 Å². The fraction of sp³-hybridized carbons (Fsp3) is 0.684. The number of nitrogens with zero attached hydrogens (tertiary/aromatic N) is 2. The number of unbranched alkanes of at least 4 members (excludes halogenated alkanes) is 4. The maximum atomic E-state index is 5.76. The topological polar surface area (TPSA) is 32.5 Å². The molecular weight excluding hydrogens is 270 g/mol. The highest BCUT2D eigenvalue weighted by Crippen LogP contribution is 2.27. The van der Waals surface area contributed by atoms with Crippen molar-refractivity contribution in [3.63, 3.8) is 0 Å². The molecule has 1 heterocycles. The lowest BCUT2D eigenvalue weighted by atomic mass is 10.00. The summed E-state index contributed by atoms with van der Waals surface area (Å²) in [6, 6.07) is 8.33. The van der Waals surface area contributed by atoms with E-state index in [9.17, 15) is 0 Å². The van der Waals surface area contributed by atoms with Crippen LogP contribution in [-0.2, 0) is 0 Å². The van der Waals surface area contributed by atoms with Gasteiger partial charge in [0.25, 0.3) is 0 Å². The SMILES string of the molecule is CN(C)CCCCCCCC1CCN(c2ccc(N)cc2)C1. The molecule has 1 aliphatic heterocycles. The first-order valence-corrected chi connectivity index (χ1v) is 8.90. The van der Waals surface area contributed by atoms with Gasteiger partial charge in [-0.05, 0) is 70.1 Å².